The third-order valence-corrected chi connectivity index (χ3v) is 8.37. The van der Waals surface area contributed by atoms with Gasteiger partial charge < -0.3 is 0 Å². The number of rotatable bonds is 4. The fraction of sp³-hybridized carbons (Fsp3) is 0. The topological polar surface area (TPSA) is 77.3 Å². The van der Waals surface area contributed by atoms with Crippen molar-refractivity contribution < 1.29 is 0 Å². The molecular weight excluding hydrogens is 564 g/mol. The minimum absolute atomic E-state index is 0.598. The van der Waals surface area contributed by atoms with Gasteiger partial charge in [-0.25, -0.2) is 19.9 Å². The summed E-state index contributed by atoms with van der Waals surface area (Å²) in [7, 11) is 0. The highest BCUT2D eigenvalue weighted by Gasteiger charge is 2.18. The second-order valence-electron chi connectivity index (χ2n) is 11.2. The average Bonchev–Trinajstić information content (AvgIpc) is 3.14. The molecule has 0 atom stereocenters. The van der Waals surface area contributed by atoms with Gasteiger partial charge in [0.1, 0.15) is 0 Å². The normalized spacial score (nSPS) is 11.5. The number of hydrogen-bond donors (Lipinski definition) is 0. The minimum atomic E-state index is 0.598. The Hall–Kier alpha value is -6.40. The third-order valence-electron chi connectivity index (χ3n) is 8.37. The summed E-state index contributed by atoms with van der Waals surface area (Å²) >= 11 is 0. The van der Waals surface area contributed by atoms with Crippen molar-refractivity contribution in [2.45, 2.75) is 0 Å². The molecule has 9 rings (SSSR count). The Bertz CT molecular complexity index is 2530. The van der Waals surface area contributed by atoms with Crippen LogP contribution in [-0.2, 0) is 0 Å². The van der Waals surface area contributed by atoms with Crippen LogP contribution < -0.4 is 0 Å². The molecule has 6 heteroatoms. The van der Waals surface area contributed by atoms with E-state index in [4.69, 9.17) is 29.9 Å². The fourth-order valence-corrected chi connectivity index (χ4v) is 6.19. The van der Waals surface area contributed by atoms with Crippen LogP contribution in [0, 0.1) is 0 Å². The average molecular weight is 589 g/mol. The molecule has 0 fully saturated rings. The van der Waals surface area contributed by atoms with Gasteiger partial charge in [0.25, 0.3) is 0 Å². The highest BCUT2D eigenvalue weighted by atomic mass is 15.0. The van der Waals surface area contributed by atoms with Crippen molar-refractivity contribution in [1.82, 2.24) is 29.9 Å². The van der Waals surface area contributed by atoms with E-state index in [1.807, 2.05) is 103 Å². The molecule has 0 unspecified atom stereocenters. The van der Waals surface area contributed by atoms with Crippen LogP contribution in [0.25, 0.3) is 88.9 Å². The third kappa shape index (κ3) is 4.35. The van der Waals surface area contributed by atoms with Gasteiger partial charge in [-0.2, -0.15) is 0 Å². The lowest BCUT2D eigenvalue weighted by molar-refractivity contribution is 1.07. The number of fused-ring (bicyclic) bond motifs is 7. The molecule has 0 amide bonds. The van der Waals surface area contributed by atoms with Gasteiger partial charge in [-0.05, 0) is 18.2 Å². The van der Waals surface area contributed by atoms with Crippen molar-refractivity contribution in [1.29, 1.82) is 0 Å². The highest BCUT2D eigenvalue weighted by Crippen LogP contribution is 2.38. The maximum atomic E-state index is 5.27. The van der Waals surface area contributed by atoms with Crippen LogP contribution in [-0.4, -0.2) is 29.9 Å². The lowest BCUT2D eigenvalue weighted by atomic mass is 9.96. The van der Waals surface area contributed by atoms with Gasteiger partial charge in [0.2, 0.25) is 0 Å². The molecule has 0 aliphatic carbocycles. The Balaban J connectivity index is 1.30. The van der Waals surface area contributed by atoms with E-state index < -0.39 is 0 Å². The molecule has 0 radical (unpaired) electrons. The largest absolute Gasteiger partial charge is 0.254 e. The van der Waals surface area contributed by atoms with Gasteiger partial charge in [0.15, 0.2) is 17.5 Å². The van der Waals surface area contributed by atoms with Crippen molar-refractivity contribution in [2.24, 2.45) is 0 Å². The summed E-state index contributed by atoms with van der Waals surface area (Å²) in [5.74, 6) is 1.85. The first-order valence-electron chi connectivity index (χ1n) is 15.1. The van der Waals surface area contributed by atoms with E-state index in [2.05, 4.69) is 42.5 Å². The monoisotopic (exact) mass is 588 g/mol. The molecule has 4 aromatic heterocycles. The summed E-state index contributed by atoms with van der Waals surface area (Å²) in [6.07, 6.45) is 3.78. The van der Waals surface area contributed by atoms with Gasteiger partial charge >= 0.3 is 0 Å². The second-order valence-corrected chi connectivity index (χ2v) is 11.2. The van der Waals surface area contributed by atoms with Crippen LogP contribution in [0.2, 0.25) is 0 Å². The lowest BCUT2D eigenvalue weighted by Crippen LogP contribution is -2.00. The zero-order chi connectivity index (χ0) is 30.5. The molecular formula is C40H24N6. The van der Waals surface area contributed by atoms with Crippen LogP contribution in [0.3, 0.4) is 0 Å². The SMILES string of the molecule is c1ccc(-c2nc(-c3ccccc3)nc(-c3cccc(-c4nc5ccccc5c5cnc6c(ccc7cccnc76)c45)c3)n2)cc1. The molecule has 0 saturated heterocycles. The van der Waals surface area contributed by atoms with E-state index in [-0.39, 0.29) is 0 Å². The van der Waals surface area contributed by atoms with E-state index in [1.165, 1.54) is 0 Å². The Labute approximate surface area is 264 Å². The Morgan fingerprint density at radius 1 is 0.391 bits per heavy atom. The molecule has 5 aromatic carbocycles. The highest BCUT2D eigenvalue weighted by molar-refractivity contribution is 6.23. The minimum Gasteiger partial charge on any atom is -0.254 e. The maximum Gasteiger partial charge on any atom is 0.164 e. The Morgan fingerprint density at radius 3 is 1.80 bits per heavy atom. The van der Waals surface area contributed by atoms with E-state index in [1.54, 1.807) is 0 Å². The van der Waals surface area contributed by atoms with Crippen molar-refractivity contribution in [3.8, 4) is 45.4 Å². The number of benzene rings is 5. The second kappa shape index (κ2) is 10.6. The van der Waals surface area contributed by atoms with Crippen molar-refractivity contribution in [2.75, 3.05) is 0 Å². The van der Waals surface area contributed by atoms with Crippen LogP contribution in [0.1, 0.15) is 0 Å². The van der Waals surface area contributed by atoms with Crippen LogP contribution in [0.4, 0.5) is 0 Å². The van der Waals surface area contributed by atoms with Gasteiger partial charge in [0.05, 0.1) is 22.2 Å². The number of nitrogens with zero attached hydrogens (tertiary/aromatic N) is 6. The molecule has 4 heterocycles. The molecule has 0 aliphatic heterocycles. The summed E-state index contributed by atoms with van der Waals surface area (Å²) in [5.41, 5.74) is 7.22. The Morgan fingerprint density at radius 2 is 1.04 bits per heavy atom. The number of hydrogen-bond acceptors (Lipinski definition) is 6. The molecule has 9 aromatic rings. The first-order valence-corrected chi connectivity index (χ1v) is 15.1. The molecule has 0 N–H and O–H groups in total. The van der Waals surface area contributed by atoms with Gasteiger partial charge in [-0.3, -0.25) is 9.97 Å². The van der Waals surface area contributed by atoms with E-state index in [0.717, 1.165) is 71.4 Å². The molecule has 0 bridgehead atoms. The fourth-order valence-electron chi connectivity index (χ4n) is 6.19. The number of para-hydroxylation sites is 1. The van der Waals surface area contributed by atoms with Gasteiger partial charge in [0, 0.05) is 61.6 Å². The molecule has 0 saturated carbocycles. The zero-order valence-corrected chi connectivity index (χ0v) is 24.5. The Kier molecular flexibility index (Phi) is 6.03. The molecule has 0 spiro atoms. The summed E-state index contributed by atoms with van der Waals surface area (Å²) < 4.78 is 0. The number of pyridine rings is 3. The van der Waals surface area contributed by atoms with Crippen molar-refractivity contribution in [3.05, 3.63) is 146 Å². The molecule has 214 valence electrons. The lowest BCUT2D eigenvalue weighted by Gasteiger charge is -2.14. The smallest absolute Gasteiger partial charge is 0.164 e. The summed E-state index contributed by atoms with van der Waals surface area (Å²) in [6, 6.07) is 44.9. The quantitative estimate of drug-likeness (QED) is 0.191. The van der Waals surface area contributed by atoms with Crippen LogP contribution in [0.5, 0.6) is 0 Å². The van der Waals surface area contributed by atoms with E-state index >= 15 is 0 Å². The summed E-state index contributed by atoms with van der Waals surface area (Å²) in [6.45, 7) is 0. The first-order chi connectivity index (χ1) is 22.8. The molecule has 6 nitrogen and oxygen atoms in total. The van der Waals surface area contributed by atoms with Crippen LogP contribution in [0.15, 0.2) is 146 Å². The predicted octanol–water partition coefficient (Wildman–Crippen LogP) is 9.34. The van der Waals surface area contributed by atoms with E-state index in [0.29, 0.717) is 17.5 Å². The van der Waals surface area contributed by atoms with Crippen molar-refractivity contribution >= 4 is 43.5 Å². The number of aromatic nitrogens is 6. The zero-order valence-electron chi connectivity index (χ0n) is 24.5. The summed E-state index contributed by atoms with van der Waals surface area (Å²) in [5, 5.41) is 5.22. The van der Waals surface area contributed by atoms with Crippen molar-refractivity contribution in [3.63, 3.8) is 0 Å². The maximum absolute atomic E-state index is 5.27. The van der Waals surface area contributed by atoms with Gasteiger partial charge in [-0.15, -0.1) is 0 Å². The standard InChI is InChI=1S/C40H24N6/c1-3-11-26(12-4-1)38-44-39(27-13-5-2-6-14-27)46-40(45-38)29-16-9-15-28(23-29)35-34-31-21-20-25-17-10-22-41-36(25)37(31)42-24-32(34)30-18-7-8-19-33(30)43-35/h1-24H. The summed E-state index contributed by atoms with van der Waals surface area (Å²) in [4.78, 5) is 29.7. The van der Waals surface area contributed by atoms with E-state index in [9.17, 15) is 0 Å². The molecule has 46 heavy (non-hydrogen) atoms. The van der Waals surface area contributed by atoms with Gasteiger partial charge in [-0.1, -0.05) is 115 Å². The first kappa shape index (κ1) is 26.0. The molecule has 0 aliphatic rings. The predicted molar refractivity (Wildman–Crippen MR) is 185 cm³/mol. The van der Waals surface area contributed by atoms with Crippen LogP contribution >= 0.6 is 0 Å².